The zero-order valence-electron chi connectivity index (χ0n) is 16.5. The lowest BCUT2D eigenvalue weighted by Gasteiger charge is -2.28. The largest absolute Gasteiger partial charge is 0.281 e. The average Bonchev–Trinajstić information content (AvgIpc) is 2.72. The Morgan fingerprint density at radius 1 is 0.931 bits per heavy atom. The van der Waals surface area contributed by atoms with Gasteiger partial charge in [0.25, 0.3) is 11.8 Å². The van der Waals surface area contributed by atoms with Crippen molar-refractivity contribution in [3.63, 3.8) is 0 Å². The molecule has 2 N–H and O–H groups in total. The summed E-state index contributed by atoms with van der Waals surface area (Å²) in [4.78, 5) is 25.2. The molecular weight excluding hydrogens is 404 g/mol. The molecule has 0 spiro atoms. The van der Waals surface area contributed by atoms with Gasteiger partial charge in [0.05, 0.1) is 0 Å². The molecule has 0 aliphatic heterocycles. The molecule has 2 unspecified atom stereocenters. The molecule has 0 aromatic heterocycles. The summed E-state index contributed by atoms with van der Waals surface area (Å²) >= 11 is 10.8. The van der Waals surface area contributed by atoms with Crippen molar-refractivity contribution in [1.29, 1.82) is 0 Å². The van der Waals surface area contributed by atoms with Crippen molar-refractivity contribution >= 4 is 46.2 Å². The van der Waals surface area contributed by atoms with E-state index in [2.05, 4.69) is 23.9 Å². The fourth-order valence-electron chi connectivity index (χ4n) is 2.69. The third kappa shape index (κ3) is 6.62. The van der Waals surface area contributed by atoms with Crippen molar-refractivity contribution in [3.8, 4) is 0 Å². The Balaban J connectivity index is 1.84. The maximum absolute atomic E-state index is 12.1. The Bertz CT molecular complexity index is 865. The van der Waals surface area contributed by atoms with E-state index in [1.807, 2.05) is 48.6 Å². The number of nitrogens with one attached hydrogen (secondary N) is 2. The highest BCUT2D eigenvalue weighted by Gasteiger charge is 2.22. The van der Waals surface area contributed by atoms with Gasteiger partial charge in [-0.05, 0) is 5.92 Å². The van der Waals surface area contributed by atoms with E-state index in [9.17, 15) is 9.59 Å². The van der Waals surface area contributed by atoms with Crippen LogP contribution in [0.4, 0.5) is 0 Å². The number of benzene rings is 1. The molecule has 0 saturated carbocycles. The maximum atomic E-state index is 12.1. The first-order valence-electron chi connectivity index (χ1n) is 9.04. The second-order valence-electron chi connectivity index (χ2n) is 6.57. The Morgan fingerprint density at radius 2 is 1.48 bits per heavy atom. The molecule has 6 nitrogen and oxygen atoms in total. The summed E-state index contributed by atoms with van der Waals surface area (Å²) < 4.78 is 0. The SMILES string of the molecule is CC1C=CC=CC1C(=S)N(C)NC(=O)/C=C\C(=O)NN(C)C(=S)c1ccccc1. The summed E-state index contributed by atoms with van der Waals surface area (Å²) in [6, 6.07) is 9.32. The standard InChI is InChI=1S/C21H24N4O2S2/c1-15-9-7-8-12-17(15)21(29)25(3)23-19(27)14-13-18(26)22-24(2)20(28)16-10-5-4-6-11-16/h4-15,17H,1-3H3,(H,22,26)(H,23,27)/b14-13-. The number of allylic oxidation sites excluding steroid dienone is 3. The Labute approximate surface area is 181 Å². The molecular formula is C21H24N4O2S2. The highest BCUT2D eigenvalue weighted by atomic mass is 32.1. The molecule has 0 saturated heterocycles. The molecule has 0 radical (unpaired) electrons. The minimum atomic E-state index is -0.472. The molecule has 0 heterocycles. The Hall–Kier alpha value is -2.84. The summed E-state index contributed by atoms with van der Waals surface area (Å²) in [5.41, 5.74) is 6.05. The van der Waals surface area contributed by atoms with Gasteiger partial charge in [0, 0.05) is 37.7 Å². The molecule has 1 aromatic carbocycles. The minimum Gasteiger partial charge on any atom is -0.281 e. The number of amides is 2. The van der Waals surface area contributed by atoms with Crippen LogP contribution >= 0.6 is 24.4 Å². The monoisotopic (exact) mass is 428 g/mol. The first kappa shape index (κ1) is 22.4. The van der Waals surface area contributed by atoms with E-state index in [1.165, 1.54) is 10.0 Å². The topological polar surface area (TPSA) is 64.7 Å². The molecule has 2 rings (SSSR count). The molecule has 1 aliphatic rings. The van der Waals surface area contributed by atoms with Gasteiger partial charge in [0.1, 0.15) is 9.98 Å². The zero-order chi connectivity index (χ0) is 21.4. The van der Waals surface area contributed by atoms with Crippen molar-refractivity contribution in [1.82, 2.24) is 20.9 Å². The number of hydrazine groups is 2. The van der Waals surface area contributed by atoms with Gasteiger partial charge in [-0.15, -0.1) is 0 Å². The van der Waals surface area contributed by atoms with Crippen molar-refractivity contribution in [3.05, 3.63) is 72.4 Å². The van der Waals surface area contributed by atoms with Crippen molar-refractivity contribution in [2.24, 2.45) is 11.8 Å². The summed E-state index contributed by atoms with van der Waals surface area (Å²) in [7, 11) is 3.32. The summed E-state index contributed by atoms with van der Waals surface area (Å²) in [5.74, 6) is -0.654. The third-order valence-electron chi connectivity index (χ3n) is 4.29. The van der Waals surface area contributed by atoms with E-state index >= 15 is 0 Å². The predicted molar refractivity (Wildman–Crippen MR) is 123 cm³/mol. The summed E-state index contributed by atoms with van der Waals surface area (Å²) in [5, 5.41) is 2.93. The van der Waals surface area contributed by atoms with Crippen LogP contribution in [0.1, 0.15) is 12.5 Å². The van der Waals surface area contributed by atoms with Gasteiger partial charge in [-0.1, -0.05) is 86.0 Å². The molecule has 2 atom stereocenters. The van der Waals surface area contributed by atoms with Crippen LogP contribution in [0, 0.1) is 11.8 Å². The minimum absolute atomic E-state index is 0.0280. The van der Waals surface area contributed by atoms with E-state index < -0.39 is 11.8 Å². The molecule has 152 valence electrons. The normalized spacial score (nSPS) is 17.6. The number of carbonyl (C=O) groups excluding carboxylic acids is 2. The number of carbonyl (C=O) groups is 2. The van der Waals surface area contributed by atoms with Gasteiger partial charge in [-0.2, -0.15) is 0 Å². The lowest BCUT2D eigenvalue weighted by Crippen LogP contribution is -2.45. The maximum Gasteiger partial charge on any atom is 0.262 e. The smallest absolute Gasteiger partial charge is 0.262 e. The molecule has 2 amide bonds. The number of thiocarbonyl (C=S) groups is 2. The molecule has 0 bridgehead atoms. The molecule has 0 fully saturated rings. The molecule has 29 heavy (non-hydrogen) atoms. The first-order valence-corrected chi connectivity index (χ1v) is 9.86. The number of nitrogens with zero attached hydrogens (tertiary/aromatic N) is 2. The average molecular weight is 429 g/mol. The van der Waals surface area contributed by atoms with Crippen LogP contribution in [0.5, 0.6) is 0 Å². The lowest BCUT2D eigenvalue weighted by molar-refractivity contribution is -0.121. The fraction of sp³-hybridized carbons (Fsp3) is 0.238. The van der Waals surface area contributed by atoms with Crippen molar-refractivity contribution < 1.29 is 9.59 Å². The highest BCUT2D eigenvalue weighted by molar-refractivity contribution is 7.80. The second kappa shape index (κ2) is 10.6. The van der Waals surface area contributed by atoms with E-state index in [1.54, 1.807) is 14.1 Å². The summed E-state index contributed by atoms with van der Waals surface area (Å²) in [6.45, 7) is 2.06. The van der Waals surface area contributed by atoms with Crippen LogP contribution < -0.4 is 10.9 Å². The van der Waals surface area contributed by atoms with Crippen LogP contribution in [0.3, 0.4) is 0 Å². The second-order valence-corrected chi connectivity index (χ2v) is 7.37. The number of rotatable bonds is 4. The van der Waals surface area contributed by atoms with Gasteiger partial charge in [0.2, 0.25) is 0 Å². The van der Waals surface area contributed by atoms with Crippen LogP contribution in [0.25, 0.3) is 0 Å². The van der Waals surface area contributed by atoms with Gasteiger partial charge in [0.15, 0.2) is 0 Å². The third-order valence-corrected chi connectivity index (χ3v) is 5.35. The number of hydrogen-bond donors (Lipinski definition) is 2. The van der Waals surface area contributed by atoms with Gasteiger partial charge in [-0.3, -0.25) is 30.5 Å². The zero-order valence-corrected chi connectivity index (χ0v) is 18.2. The van der Waals surface area contributed by atoms with E-state index in [-0.39, 0.29) is 11.8 Å². The van der Waals surface area contributed by atoms with Gasteiger partial charge in [-0.25, -0.2) is 0 Å². The van der Waals surface area contributed by atoms with E-state index in [0.29, 0.717) is 9.98 Å². The van der Waals surface area contributed by atoms with Crippen LogP contribution in [-0.4, -0.2) is 45.9 Å². The first-order chi connectivity index (χ1) is 13.8. The lowest BCUT2D eigenvalue weighted by atomic mass is 9.90. The number of hydrogen-bond acceptors (Lipinski definition) is 4. The molecule has 1 aliphatic carbocycles. The van der Waals surface area contributed by atoms with Crippen LogP contribution in [0.15, 0.2) is 66.8 Å². The van der Waals surface area contributed by atoms with Gasteiger partial charge >= 0.3 is 0 Å². The van der Waals surface area contributed by atoms with Crippen molar-refractivity contribution in [2.45, 2.75) is 6.92 Å². The van der Waals surface area contributed by atoms with E-state index in [4.69, 9.17) is 24.4 Å². The van der Waals surface area contributed by atoms with Crippen LogP contribution in [0.2, 0.25) is 0 Å². The Morgan fingerprint density at radius 3 is 2.07 bits per heavy atom. The van der Waals surface area contributed by atoms with Crippen LogP contribution in [-0.2, 0) is 9.59 Å². The Kier molecular flexibility index (Phi) is 8.23. The van der Waals surface area contributed by atoms with Gasteiger partial charge < -0.3 is 0 Å². The quantitative estimate of drug-likeness (QED) is 0.437. The predicted octanol–water partition coefficient (Wildman–Crippen LogP) is 2.55. The molecule has 1 aromatic rings. The fourth-order valence-corrected chi connectivity index (χ4v) is 3.21. The summed E-state index contributed by atoms with van der Waals surface area (Å²) in [6.07, 6.45) is 10.3. The van der Waals surface area contributed by atoms with Crippen molar-refractivity contribution in [2.75, 3.05) is 14.1 Å². The van der Waals surface area contributed by atoms with E-state index in [0.717, 1.165) is 17.7 Å². The highest BCUT2D eigenvalue weighted by Crippen LogP contribution is 2.21. The molecule has 8 heteroatoms.